The van der Waals surface area contributed by atoms with Crippen LogP contribution in [0.5, 0.6) is 5.75 Å². The molecule has 1 saturated heterocycles. The van der Waals surface area contributed by atoms with Crippen molar-refractivity contribution in [2.24, 2.45) is 0 Å². The normalized spacial score (nSPS) is 14.7. The number of para-hydroxylation sites is 1. The summed E-state index contributed by atoms with van der Waals surface area (Å²) in [6.45, 7) is 0.783. The SMILES string of the molecule is O=C1/C(=C/c2ccccc2OCc2ccc([N+](=O)[O-])cc2)SC(=S)N1CCc1ccccc1. The number of non-ortho nitro benzene ring substituents is 1. The molecule has 6 nitrogen and oxygen atoms in total. The van der Waals surface area contributed by atoms with E-state index in [4.69, 9.17) is 17.0 Å². The Balaban J connectivity index is 1.45. The van der Waals surface area contributed by atoms with Crippen LogP contribution in [0.2, 0.25) is 0 Å². The Hall–Kier alpha value is -3.49. The highest BCUT2D eigenvalue weighted by atomic mass is 32.2. The summed E-state index contributed by atoms with van der Waals surface area (Å²) in [5, 5.41) is 10.8. The van der Waals surface area contributed by atoms with Crippen molar-refractivity contribution >= 4 is 46.0 Å². The average Bonchev–Trinajstić information content (AvgIpc) is 3.10. The number of benzene rings is 3. The third kappa shape index (κ3) is 5.66. The van der Waals surface area contributed by atoms with E-state index in [2.05, 4.69) is 0 Å². The Morgan fingerprint density at radius 3 is 2.39 bits per heavy atom. The van der Waals surface area contributed by atoms with Gasteiger partial charge in [-0.15, -0.1) is 0 Å². The highest BCUT2D eigenvalue weighted by Gasteiger charge is 2.31. The molecule has 0 radical (unpaired) electrons. The number of amides is 1. The van der Waals surface area contributed by atoms with Crippen LogP contribution in [-0.4, -0.2) is 26.6 Å². The summed E-state index contributed by atoms with van der Waals surface area (Å²) in [5.41, 5.74) is 2.76. The van der Waals surface area contributed by atoms with Gasteiger partial charge in [-0.3, -0.25) is 19.8 Å². The van der Waals surface area contributed by atoms with Crippen molar-refractivity contribution in [2.75, 3.05) is 6.54 Å². The van der Waals surface area contributed by atoms with Crippen LogP contribution in [0.4, 0.5) is 5.69 Å². The Labute approximate surface area is 201 Å². The Kier molecular flexibility index (Phi) is 7.16. The van der Waals surface area contributed by atoms with E-state index in [-0.39, 0.29) is 18.2 Å². The Morgan fingerprint density at radius 2 is 1.67 bits per heavy atom. The van der Waals surface area contributed by atoms with Gasteiger partial charge < -0.3 is 4.74 Å². The molecule has 1 aliphatic rings. The van der Waals surface area contributed by atoms with Crippen LogP contribution in [0.25, 0.3) is 6.08 Å². The molecule has 3 aromatic rings. The van der Waals surface area contributed by atoms with E-state index in [9.17, 15) is 14.9 Å². The van der Waals surface area contributed by atoms with E-state index in [1.165, 1.54) is 23.9 Å². The van der Waals surface area contributed by atoms with E-state index in [1.54, 1.807) is 23.1 Å². The number of thiocarbonyl (C=S) groups is 1. The van der Waals surface area contributed by atoms with Gasteiger partial charge in [0.1, 0.15) is 16.7 Å². The molecule has 1 aliphatic heterocycles. The number of carbonyl (C=O) groups is 1. The van der Waals surface area contributed by atoms with Gasteiger partial charge in [-0.05, 0) is 41.8 Å². The minimum atomic E-state index is -0.435. The van der Waals surface area contributed by atoms with Gasteiger partial charge in [0.25, 0.3) is 11.6 Å². The van der Waals surface area contributed by atoms with Crippen LogP contribution < -0.4 is 4.74 Å². The van der Waals surface area contributed by atoms with Gasteiger partial charge in [-0.2, -0.15) is 0 Å². The number of ether oxygens (including phenoxy) is 1. The molecule has 0 unspecified atom stereocenters. The second-order valence-corrected chi connectivity index (χ2v) is 8.99. The average molecular weight is 477 g/mol. The maximum absolute atomic E-state index is 13.0. The number of thioether (sulfide) groups is 1. The quantitative estimate of drug-likeness (QED) is 0.182. The summed E-state index contributed by atoms with van der Waals surface area (Å²) in [5.74, 6) is 0.511. The molecule has 3 aromatic carbocycles. The number of nitro groups is 1. The molecular weight excluding hydrogens is 456 g/mol. The predicted octanol–water partition coefficient (Wildman–Crippen LogP) is 5.62. The van der Waals surface area contributed by atoms with E-state index < -0.39 is 4.92 Å². The van der Waals surface area contributed by atoms with Crippen LogP contribution >= 0.6 is 24.0 Å². The highest BCUT2D eigenvalue weighted by molar-refractivity contribution is 8.26. The first-order chi connectivity index (χ1) is 16.0. The Morgan fingerprint density at radius 1 is 0.970 bits per heavy atom. The lowest BCUT2D eigenvalue weighted by molar-refractivity contribution is -0.384. The molecule has 33 heavy (non-hydrogen) atoms. The molecule has 1 heterocycles. The Bertz CT molecular complexity index is 1210. The minimum Gasteiger partial charge on any atom is -0.488 e. The van der Waals surface area contributed by atoms with Gasteiger partial charge >= 0.3 is 0 Å². The molecule has 0 bridgehead atoms. The molecule has 0 atom stereocenters. The summed E-state index contributed by atoms with van der Waals surface area (Å²) in [6, 6.07) is 23.7. The van der Waals surface area contributed by atoms with Crippen molar-refractivity contribution in [3.63, 3.8) is 0 Å². The number of nitrogens with zero attached hydrogens (tertiary/aromatic N) is 2. The van der Waals surface area contributed by atoms with Gasteiger partial charge in [0.15, 0.2) is 0 Å². The molecular formula is C25H20N2O4S2. The zero-order chi connectivity index (χ0) is 23.2. The summed E-state index contributed by atoms with van der Waals surface area (Å²) in [4.78, 5) is 25.5. The summed E-state index contributed by atoms with van der Waals surface area (Å²) < 4.78 is 6.49. The van der Waals surface area contributed by atoms with E-state index in [0.717, 1.165) is 23.1 Å². The molecule has 0 spiro atoms. The minimum absolute atomic E-state index is 0.0356. The van der Waals surface area contributed by atoms with E-state index in [1.807, 2.05) is 54.6 Å². The van der Waals surface area contributed by atoms with Gasteiger partial charge in [0, 0.05) is 24.2 Å². The third-order valence-corrected chi connectivity index (χ3v) is 6.47. The lowest BCUT2D eigenvalue weighted by Crippen LogP contribution is -2.30. The van der Waals surface area contributed by atoms with Crippen LogP contribution in [0.15, 0.2) is 83.8 Å². The van der Waals surface area contributed by atoms with Gasteiger partial charge in [-0.25, -0.2) is 0 Å². The van der Waals surface area contributed by atoms with Crippen molar-refractivity contribution in [3.05, 3.63) is 111 Å². The maximum Gasteiger partial charge on any atom is 0.269 e. The molecule has 0 N–H and O–H groups in total. The van der Waals surface area contributed by atoms with Crippen LogP contribution in [0.3, 0.4) is 0 Å². The number of carbonyl (C=O) groups excluding carboxylic acids is 1. The van der Waals surface area contributed by atoms with Crippen LogP contribution in [-0.2, 0) is 17.8 Å². The summed E-state index contributed by atoms with van der Waals surface area (Å²) >= 11 is 6.74. The zero-order valence-electron chi connectivity index (χ0n) is 17.5. The fourth-order valence-electron chi connectivity index (χ4n) is 3.33. The van der Waals surface area contributed by atoms with Crippen molar-refractivity contribution in [1.82, 2.24) is 4.90 Å². The second kappa shape index (κ2) is 10.4. The first-order valence-corrected chi connectivity index (χ1v) is 11.5. The topological polar surface area (TPSA) is 72.7 Å². The number of hydrogen-bond acceptors (Lipinski definition) is 6. The molecule has 0 aliphatic carbocycles. The number of rotatable bonds is 8. The molecule has 4 rings (SSSR count). The van der Waals surface area contributed by atoms with Gasteiger partial charge in [-0.1, -0.05) is 72.5 Å². The second-order valence-electron chi connectivity index (χ2n) is 7.32. The van der Waals surface area contributed by atoms with Crippen molar-refractivity contribution < 1.29 is 14.5 Å². The fourth-order valence-corrected chi connectivity index (χ4v) is 4.63. The summed E-state index contributed by atoms with van der Waals surface area (Å²) in [7, 11) is 0. The number of nitro benzene ring substituents is 1. The molecule has 8 heteroatoms. The lowest BCUT2D eigenvalue weighted by atomic mass is 10.1. The smallest absolute Gasteiger partial charge is 0.269 e. The molecule has 0 aromatic heterocycles. The van der Waals surface area contributed by atoms with Gasteiger partial charge in [0.05, 0.1) is 9.83 Å². The highest BCUT2D eigenvalue weighted by Crippen LogP contribution is 2.34. The molecule has 166 valence electrons. The molecule has 0 saturated carbocycles. The van der Waals surface area contributed by atoms with E-state index >= 15 is 0 Å². The van der Waals surface area contributed by atoms with Crippen molar-refractivity contribution in [2.45, 2.75) is 13.0 Å². The molecule has 1 amide bonds. The van der Waals surface area contributed by atoms with Crippen LogP contribution in [0, 0.1) is 10.1 Å². The predicted molar refractivity (Wildman–Crippen MR) is 134 cm³/mol. The largest absolute Gasteiger partial charge is 0.488 e. The van der Waals surface area contributed by atoms with Gasteiger partial charge in [0.2, 0.25) is 0 Å². The lowest BCUT2D eigenvalue weighted by Gasteiger charge is -2.14. The standard InChI is InChI=1S/C25H20N2O4S2/c28-24-23(33-25(32)26(24)15-14-18-6-2-1-3-7-18)16-20-8-4-5-9-22(20)31-17-19-10-12-21(13-11-19)27(29)30/h1-13,16H,14-15,17H2/b23-16-. The fraction of sp³-hybridized carbons (Fsp3) is 0.120. The summed E-state index contributed by atoms with van der Waals surface area (Å²) in [6.07, 6.45) is 2.53. The molecule has 1 fully saturated rings. The first kappa shape index (κ1) is 22.7. The van der Waals surface area contributed by atoms with Crippen molar-refractivity contribution in [3.8, 4) is 5.75 Å². The first-order valence-electron chi connectivity index (χ1n) is 10.3. The van der Waals surface area contributed by atoms with E-state index in [0.29, 0.717) is 21.5 Å². The van der Waals surface area contributed by atoms with Crippen molar-refractivity contribution in [1.29, 1.82) is 0 Å². The number of hydrogen-bond donors (Lipinski definition) is 0. The third-order valence-electron chi connectivity index (χ3n) is 5.09. The van der Waals surface area contributed by atoms with Crippen LogP contribution in [0.1, 0.15) is 16.7 Å². The maximum atomic E-state index is 13.0. The zero-order valence-corrected chi connectivity index (χ0v) is 19.2. The monoisotopic (exact) mass is 476 g/mol.